The van der Waals surface area contributed by atoms with Crippen LogP contribution in [-0.2, 0) is 11.8 Å². The highest BCUT2D eigenvalue weighted by Crippen LogP contribution is 2.54. The summed E-state index contributed by atoms with van der Waals surface area (Å²) in [4.78, 5) is 5.25. The minimum absolute atomic E-state index is 0.146. The molecule has 0 fully saturated rings. The average molecular weight is 939 g/mol. The maximum atomic E-state index is 2.65. The lowest BCUT2D eigenvalue weighted by molar-refractivity contribution is 0.660. The third kappa shape index (κ3) is 6.55. The van der Waals surface area contributed by atoms with Crippen LogP contribution >= 0.6 is 0 Å². The highest BCUT2D eigenvalue weighted by molar-refractivity contribution is 6.26. The zero-order chi connectivity index (χ0) is 48.4. The Morgan fingerprint density at radius 3 is 1.67 bits per heavy atom. The Morgan fingerprint density at radius 2 is 0.932 bits per heavy atom. The van der Waals surface area contributed by atoms with Crippen LogP contribution in [0, 0.1) is 0 Å². The van der Waals surface area contributed by atoms with Crippen LogP contribution in [0.2, 0.25) is 0 Å². The van der Waals surface area contributed by atoms with Crippen molar-refractivity contribution in [3.05, 3.63) is 245 Å². The largest absolute Gasteiger partial charge is 0.311 e. The predicted molar refractivity (Wildman–Crippen MR) is 310 cm³/mol. The van der Waals surface area contributed by atoms with Crippen molar-refractivity contribution < 1.29 is 0 Å². The highest BCUT2D eigenvalue weighted by Gasteiger charge is 2.36. The van der Waals surface area contributed by atoms with Gasteiger partial charge in [-0.05, 0) is 235 Å². The predicted octanol–water partition coefficient (Wildman–Crippen LogP) is 19.4. The molecule has 15 rings (SSSR count). The van der Waals surface area contributed by atoms with E-state index in [-0.39, 0.29) is 5.41 Å². The normalized spacial score (nSPS) is 17.7. The molecule has 2 heterocycles. The molecule has 2 aliphatic heterocycles. The van der Waals surface area contributed by atoms with Crippen LogP contribution in [-0.4, -0.2) is 0 Å². The van der Waals surface area contributed by atoms with E-state index in [1.54, 1.807) is 16.7 Å². The molecule has 0 aromatic heterocycles. The number of allylic oxidation sites excluding steroid dienone is 9. The number of anilines is 3. The van der Waals surface area contributed by atoms with Crippen LogP contribution in [0.25, 0.3) is 76.5 Å². The number of fused-ring (bicyclic) bond motifs is 9. The molecule has 0 amide bonds. The van der Waals surface area contributed by atoms with Gasteiger partial charge in [-0.15, -0.1) is 0 Å². The molecule has 9 aromatic carbocycles. The first-order chi connectivity index (χ1) is 36.0. The Labute approximate surface area is 429 Å². The summed E-state index contributed by atoms with van der Waals surface area (Å²) in [5.74, 6) is 0. The molecule has 0 saturated heterocycles. The summed E-state index contributed by atoms with van der Waals surface area (Å²) < 4.78 is 0. The van der Waals surface area contributed by atoms with Crippen molar-refractivity contribution >= 4 is 60.2 Å². The molecule has 0 atom stereocenters. The fourth-order valence-electron chi connectivity index (χ4n) is 14.1. The Hall–Kier alpha value is -7.94. The average Bonchev–Trinajstić information content (AvgIpc) is 3.56. The zero-order valence-corrected chi connectivity index (χ0v) is 41.9. The molecular formula is C71H58N2. The van der Waals surface area contributed by atoms with Crippen LogP contribution in [0.1, 0.15) is 88.3 Å². The minimum Gasteiger partial charge on any atom is -0.311 e. The summed E-state index contributed by atoms with van der Waals surface area (Å²) in [6, 6.07) is 61.3. The van der Waals surface area contributed by atoms with E-state index in [9.17, 15) is 0 Å². The molecule has 0 saturated carbocycles. The smallest absolute Gasteiger partial charge is 0.0493 e. The van der Waals surface area contributed by atoms with Crippen LogP contribution in [0.4, 0.5) is 17.1 Å². The van der Waals surface area contributed by atoms with Gasteiger partial charge >= 0.3 is 0 Å². The number of rotatable bonds is 4. The van der Waals surface area contributed by atoms with E-state index in [1.165, 1.54) is 127 Å². The summed E-state index contributed by atoms with van der Waals surface area (Å²) in [5.41, 5.74) is 24.4. The van der Waals surface area contributed by atoms with E-state index in [2.05, 4.69) is 218 Å². The van der Waals surface area contributed by atoms with Crippen LogP contribution < -0.4 is 9.80 Å². The van der Waals surface area contributed by atoms with E-state index >= 15 is 0 Å². The summed E-state index contributed by atoms with van der Waals surface area (Å²) in [7, 11) is 0. The van der Waals surface area contributed by atoms with E-state index in [4.69, 9.17) is 0 Å². The van der Waals surface area contributed by atoms with Gasteiger partial charge in [-0.2, -0.15) is 0 Å². The summed E-state index contributed by atoms with van der Waals surface area (Å²) in [5, 5.41) is 10.2. The van der Waals surface area contributed by atoms with E-state index in [1.807, 2.05) is 0 Å². The molecule has 0 radical (unpaired) electrons. The maximum absolute atomic E-state index is 2.65. The number of aryl methyl sites for hydroxylation is 1. The fraction of sp³-hybridized carbons (Fsp3) is 0.183. The Balaban J connectivity index is 1.09. The Morgan fingerprint density at radius 1 is 0.370 bits per heavy atom. The standard InChI is InChI=1S/C71H58N2/c1-71(2)63-26-12-11-25-56(63)57-38-35-50(42-64(57)71)69-58-39-36-52(73-67-29-15-6-19-47(67)33-34-48-20-7-16-30-68(48)73)44-62(58)70(60-41-49-21-3-8-22-53(49)54-23-9-10-24-55(54)60)59-40-37-51(43-61(59)69)72-65-27-13-4-17-45(65)31-32-46-18-5-14-28-66(46)72/h3-4,8-17,21-30,35-44H,5-7,18-20,31-34H2,1-2H3. The zero-order valence-electron chi connectivity index (χ0n) is 41.9. The first-order valence-electron chi connectivity index (χ1n) is 27.0. The molecule has 0 bridgehead atoms. The van der Waals surface area contributed by atoms with Gasteiger partial charge in [0.25, 0.3) is 0 Å². The first-order valence-corrected chi connectivity index (χ1v) is 27.0. The quantitative estimate of drug-likeness (QED) is 0.128. The first kappa shape index (κ1) is 42.7. The topological polar surface area (TPSA) is 6.48 Å². The third-order valence-electron chi connectivity index (χ3n) is 17.6. The van der Waals surface area contributed by atoms with Gasteiger partial charge in [0.15, 0.2) is 0 Å². The molecule has 0 unspecified atom stereocenters. The van der Waals surface area contributed by atoms with Crippen LogP contribution in [0.15, 0.2) is 228 Å². The lowest BCUT2D eigenvalue weighted by Crippen LogP contribution is -2.23. The number of nitrogens with zero attached hydrogens (tertiary/aromatic N) is 2. The van der Waals surface area contributed by atoms with Crippen molar-refractivity contribution in [1.82, 2.24) is 0 Å². The number of hydrogen-bond acceptors (Lipinski definition) is 2. The molecule has 73 heavy (non-hydrogen) atoms. The monoisotopic (exact) mass is 938 g/mol. The van der Waals surface area contributed by atoms with Gasteiger partial charge in [-0.3, -0.25) is 0 Å². The van der Waals surface area contributed by atoms with Crippen molar-refractivity contribution in [1.29, 1.82) is 0 Å². The second-order valence-corrected chi connectivity index (χ2v) is 21.9. The van der Waals surface area contributed by atoms with Gasteiger partial charge < -0.3 is 9.80 Å². The molecule has 4 aliphatic carbocycles. The fourth-order valence-corrected chi connectivity index (χ4v) is 14.1. The molecule has 0 spiro atoms. The highest BCUT2D eigenvalue weighted by atomic mass is 15.2. The second-order valence-electron chi connectivity index (χ2n) is 21.9. The lowest BCUT2D eigenvalue weighted by atomic mass is 9.80. The lowest BCUT2D eigenvalue weighted by Gasteiger charge is -2.32. The molecular weight excluding hydrogens is 881 g/mol. The number of hydrogen-bond donors (Lipinski definition) is 0. The molecule has 6 aliphatic rings. The molecule has 2 nitrogen and oxygen atoms in total. The summed E-state index contributed by atoms with van der Waals surface area (Å²) in [6.45, 7) is 4.84. The molecule has 2 heteroatoms. The minimum atomic E-state index is -0.146. The maximum Gasteiger partial charge on any atom is 0.0493 e. The van der Waals surface area contributed by atoms with Crippen molar-refractivity contribution in [2.75, 3.05) is 9.80 Å². The van der Waals surface area contributed by atoms with Crippen molar-refractivity contribution in [2.24, 2.45) is 0 Å². The second kappa shape index (κ2) is 16.6. The van der Waals surface area contributed by atoms with Gasteiger partial charge in [0.1, 0.15) is 0 Å². The summed E-state index contributed by atoms with van der Waals surface area (Å²) in [6.07, 6.45) is 25.6. The van der Waals surface area contributed by atoms with Crippen LogP contribution in [0.3, 0.4) is 0 Å². The molecule has 9 aromatic rings. The third-order valence-corrected chi connectivity index (χ3v) is 17.6. The van der Waals surface area contributed by atoms with E-state index in [0.717, 1.165) is 64.2 Å². The van der Waals surface area contributed by atoms with Gasteiger partial charge in [0.2, 0.25) is 0 Å². The van der Waals surface area contributed by atoms with E-state index in [0.29, 0.717) is 0 Å². The van der Waals surface area contributed by atoms with Gasteiger partial charge in [0.05, 0.1) is 0 Å². The van der Waals surface area contributed by atoms with Gasteiger partial charge in [0, 0.05) is 39.6 Å². The number of benzene rings is 9. The van der Waals surface area contributed by atoms with E-state index < -0.39 is 0 Å². The molecule has 0 N–H and O–H groups in total. The van der Waals surface area contributed by atoms with Gasteiger partial charge in [-0.1, -0.05) is 147 Å². The van der Waals surface area contributed by atoms with Crippen molar-refractivity contribution in [3.8, 4) is 33.4 Å². The number of para-hydroxylation sites is 1. The van der Waals surface area contributed by atoms with Crippen molar-refractivity contribution in [3.63, 3.8) is 0 Å². The molecule has 352 valence electrons. The van der Waals surface area contributed by atoms with Crippen LogP contribution in [0.5, 0.6) is 0 Å². The van der Waals surface area contributed by atoms with Gasteiger partial charge in [-0.25, -0.2) is 0 Å². The Kier molecular flexibility index (Phi) is 9.68. The Bertz CT molecular complexity index is 4030. The van der Waals surface area contributed by atoms with Crippen molar-refractivity contribution in [2.45, 2.75) is 83.5 Å². The SMILES string of the molecule is CC1(C)c2ccccc2-c2ccc(-c3c4cc(N5C6=C(CCC=C6)CCc6ccccc65)ccc4c(-c4cc5ccccc5c5ccccc45)c4cc(N5C6=C(CCC=C6)CCC6=C5C=CCC6)ccc34)cc21. The summed E-state index contributed by atoms with van der Waals surface area (Å²) >= 11 is 0.